The van der Waals surface area contributed by atoms with E-state index in [2.05, 4.69) is 35.1 Å². The van der Waals surface area contributed by atoms with Gasteiger partial charge in [-0.15, -0.1) is 0 Å². The maximum absolute atomic E-state index is 6.36. The van der Waals surface area contributed by atoms with Crippen LogP contribution in [0.1, 0.15) is 25.6 Å². The van der Waals surface area contributed by atoms with Crippen molar-refractivity contribution in [3.05, 3.63) is 24.0 Å². The number of nitrogens with two attached hydrogens (primary N) is 1. The van der Waals surface area contributed by atoms with Gasteiger partial charge in [0.05, 0.1) is 6.04 Å². The van der Waals surface area contributed by atoms with Gasteiger partial charge in [0.2, 0.25) is 0 Å². The van der Waals surface area contributed by atoms with Crippen molar-refractivity contribution in [2.24, 2.45) is 11.1 Å². The second kappa shape index (κ2) is 5.21. The normalized spacial score (nSPS) is 20.4. The Morgan fingerprint density at radius 3 is 2.71 bits per heavy atom. The van der Waals surface area contributed by atoms with Gasteiger partial charge < -0.3 is 20.9 Å². The summed E-state index contributed by atoms with van der Waals surface area (Å²) in [7, 11) is 0. The molecule has 2 heterocycles. The first-order chi connectivity index (χ1) is 8.09. The van der Waals surface area contributed by atoms with Gasteiger partial charge in [-0.1, -0.05) is 13.8 Å². The van der Waals surface area contributed by atoms with Crippen LogP contribution in [-0.2, 0) is 0 Å². The molecule has 1 saturated heterocycles. The lowest BCUT2D eigenvalue weighted by Crippen LogP contribution is -2.49. The van der Waals surface area contributed by atoms with Crippen molar-refractivity contribution in [3.63, 3.8) is 0 Å². The highest BCUT2D eigenvalue weighted by Crippen LogP contribution is 2.31. The fraction of sp³-hybridized carbons (Fsp3) is 0.692. The summed E-state index contributed by atoms with van der Waals surface area (Å²) in [5, 5.41) is 3.38. The van der Waals surface area contributed by atoms with Crippen LogP contribution in [0.5, 0.6) is 0 Å². The lowest BCUT2D eigenvalue weighted by atomic mass is 9.82. The van der Waals surface area contributed by atoms with Gasteiger partial charge in [-0.2, -0.15) is 0 Å². The van der Waals surface area contributed by atoms with E-state index in [-0.39, 0.29) is 11.5 Å². The molecule has 96 valence electrons. The molecule has 0 saturated carbocycles. The highest BCUT2D eigenvalue weighted by Gasteiger charge is 2.30. The molecule has 4 N–H and O–H groups in total. The Morgan fingerprint density at radius 1 is 1.41 bits per heavy atom. The molecule has 4 nitrogen and oxygen atoms in total. The zero-order valence-electron chi connectivity index (χ0n) is 10.9. The van der Waals surface area contributed by atoms with Crippen molar-refractivity contribution in [2.75, 3.05) is 32.7 Å². The minimum atomic E-state index is 0.0624. The predicted octanol–water partition coefficient (Wildman–Crippen LogP) is 0.946. The molecule has 1 aromatic rings. The molecule has 2 rings (SSSR count). The third-order valence-electron chi connectivity index (χ3n) is 3.64. The fourth-order valence-electron chi connectivity index (χ4n) is 2.50. The average Bonchev–Trinajstić information content (AvgIpc) is 2.82. The van der Waals surface area contributed by atoms with Crippen molar-refractivity contribution in [3.8, 4) is 0 Å². The van der Waals surface area contributed by atoms with Crippen LogP contribution in [0.3, 0.4) is 0 Å². The maximum atomic E-state index is 6.36. The van der Waals surface area contributed by atoms with E-state index in [0.29, 0.717) is 0 Å². The molecule has 0 amide bonds. The predicted molar refractivity (Wildman–Crippen MR) is 70.8 cm³/mol. The van der Waals surface area contributed by atoms with E-state index in [1.807, 2.05) is 12.3 Å². The summed E-state index contributed by atoms with van der Waals surface area (Å²) in [6.07, 6.45) is 1.94. The monoisotopic (exact) mass is 236 g/mol. The first-order valence-electron chi connectivity index (χ1n) is 6.41. The molecule has 4 heteroatoms. The quantitative estimate of drug-likeness (QED) is 0.729. The molecule has 1 atom stereocenters. The second-order valence-corrected chi connectivity index (χ2v) is 5.62. The van der Waals surface area contributed by atoms with Crippen molar-refractivity contribution in [1.82, 2.24) is 15.2 Å². The number of aromatic amines is 1. The zero-order valence-corrected chi connectivity index (χ0v) is 10.9. The Labute approximate surface area is 104 Å². The van der Waals surface area contributed by atoms with Crippen LogP contribution < -0.4 is 11.1 Å². The Hall–Kier alpha value is -0.840. The van der Waals surface area contributed by atoms with Crippen LogP contribution in [0.4, 0.5) is 0 Å². The summed E-state index contributed by atoms with van der Waals surface area (Å²) >= 11 is 0. The van der Waals surface area contributed by atoms with Gasteiger partial charge in [0.15, 0.2) is 0 Å². The number of nitrogens with zero attached hydrogens (tertiary/aromatic N) is 1. The van der Waals surface area contributed by atoms with E-state index in [4.69, 9.17) is 5.73 Å². The van der Waals surface area contributed by atoms with Crippen molar-refractivity contribution in [1.29, 1.82) is 0 Å². The molecule has 0 spiro atoms. The standard InChI is InChI=1S/C13H24N4/c1-13(2,10-17-8-6-15-7-9-17)12(14)11-4-3-5-16-11/h3-5,12,15-16H,6-10,14H2,1-2H3. The third-order valence-corrected chi connectivity index (χ3v) is 3.64. The molecule has 0 aliphatic carbocycles. The van der Waals surface area contributed by atoms with Gasteiger partial charge in [0.1, 0.15) is 0 Å². The number of hydrogen-bond donors (Lipinski definition) is 3. The topological polar surface area (TPSA) is 57.1 Å². The van der Waals surface area contributed by atoms with Gasteiger partial charge >= 0.3 is 0 Å². The molecule has 1 unspecified atom stereocenters. The lowest BCUT2D eigenvalue weighted by Gasteiger charge is -2.38. The SMILES string of the molecule is CC(C)(CN1CCNCC1)C(N)c1ccc[nH]1. The van der Waals surface area contributed by atoms with E-state index in [1.54, 1.807) is 0 Å². The Kier molecular flexibility index (Phi) is 3.86. The molecule has 17 heavy (non-hydrogen) atoms. The number of H-pyrrole nitrogens is 1. The minimum Gasteiger partial charge on any atom is -0.364 e. The maximum Gasteiger partial charge on any atom is 0.0511 e. The number of rotatable bonds is 4. The highest BCUT2D eigenvalue weighted by molar-refractivity contribution is 5.12. The Bertz CT molecular complexity index is 325. The van der Waals surface area contributed by atoms with Crippen LogP contribution in [0, 0.1) is 5.41 Å². The Morgan fingerprint density at radius 2 is 2.12 bits per heavy atom. The summed E-state index contributed by atoms with van der Waals surface area (Å²) in [6, 6.07) is 4.15. The van der Waals surface area contributed by atoms with Crippen LogP contribution >= 0.6 is 0 Å². The highest BCUT2D eigenvalue weighted by atomic mass is 15.2. The van der Waals surface area contributed by atoms with Gasteiger partial charge in [0, 0.05) is 44.6 Å². The summed E-state index contributed by atoms with van der Waals surface area (Å²) in [6.45, 7) is 9.99. The van der Waals surface area contributed by atoms with Crippen molar-refractivity contribution >= 4 is 0 Å². The van der Waals surface area contributed by atoms with Gasteiger partial charge in [-0.3, -0.25) is 0 Å². The fourth-order valence-corrected chi connectivity index (χ4v) is 2.50. The number of nitrogens with one attached hydrogen (secondary N) is 2. The van der Waals surface area contributed by atoms with E-state index < -0.39 is 0 Å². The van der Waals surface area contributed by atoms with Crippen LogP contribution in [0.2, 0.25) is 0 Å². The van der Waals surface area contributed by atoms with Crippen molar-refractivity contribution < 1.29 is 0 Å². The third kappa shape index (κ3) is 3.09. The van der Waals surface area contributed by atoms with Crippen molar-refractivity contribution in [2.45, 2.75) is 19.9 Å². The first-order valence-corrected chi connectivity index (χ1v) is 6.41. The van der Waals surface area contributed by atoms with E-state index >= 15 is 0 Å². The molecule has 0 bridgehead atoms. The number of hydrogen-bond acceptors (Lipinski definition) is 3. The van der Waals surface area contributed by atoms with Crippen LogP contribution in [0.25, 0.3) is 0 Å². The molecule has 0 aromatic carbocycles. The van der Waals surface area contributed by atoms with E-state index in [9.17, 15) is 0 Å². The number of aromatic nitrogens is 1. The number of piperazine rings is 1. The molecular weight excluding hydrogens is 212 g/mol. The smallest absolute Gasteiger partial charge is 0.0511 e. The van der Waals surface area contributed by atoms with E-state index in [1.165, 1.54) is 0 Å². The summed E-state index contributed by atoms with van der Waals surface area (Å²) in [4.78, 5) is 5.72. The molecule has 0 radical (unpaired) electrons. The molecular formula is C13H24N4. The van der Waals surface area contributed by atoms with E-state index in [0.717, 1.165) is 38.4 Å². The van der Waals surface area contributed by atoms with Gasteiger partial charge in [0.25, 0.3) is 0 Å². The van der Waals surface area contributed by atoms with Gasteiger partial charge in [-0.25, -0.2) is 0 Å². The van der Waals surface area contributed by atoms with Crippen LogP contribution in [0.15, 0.2) is 18.3 Å². The minimum absolute atomic E-state index is 0.0624. The largest absolute Gasteiger partial charge is 0.364 e. The summed E-state index contributed by atoms with van der Waals surface area (Å²) < 4.78 is 0. The average molecular weight is 236 g/mol. The zero-order chi connectivity index (χ0) is 12.3. The summed E-state index contributed by atoms with van der Waals surface area (Å²) in [5.74, 6) is 0. The summed E-state index contributed by atoms with van der Waals surface area (Å²) in [5.41, 5.74) is 7.58. The molecule has 1 aromatic heterocycles. The second-order valence-electron chi connectivity index (χ2n) is 5.62. The van der Waals surface area contributed by atoms with Gasteiger partial charge in [-0.05, 0) is 17.5 Å². The van der Waals surface area contributed by atoms with Crippen LogP contribution in [-0.4, -0.2) is 42.6 Å². The molecule has 1 aliphatic heterocycles. The first kappa shape index (κ1) is 12.6. The lowest BCUT2D eigenvalue weighted by molar-refractivity contribution is 0.138. The Balaban J connectivity index is 1.97. The molecule has 1 aliphatic rings. The molecule has 1 fully saturated rings.